The molecule has 2 heterocycles. The average Bonchev–Trinajstić information content (AvgIpc) is 3.06. The van der Waals surface area contributed by atoms with Gasteiger partial charge in [0.05, 0.1) is 0 Å². The molecule has 102 valence electrons. The molecule has 2 rings (SSSR count). The van der Waals surface area contributed by atoms with Gasteiger partial charge in [0.1, 0.15) is 5.82 Å². The summed E-state index contributed by atoms with van der Waals surface area (Å²) in [5.74, 6) is 1.85. The molecule has 2 N–H and O–H groups in total. The van der Waals surface area contributed by atoms with Crippen molar-refractivity contribution in [3.63, 3.8) is 0 Å². The standard InChI is InChI=1S/C13H19N5S/c1-11-15-4-6-18(11)7-5-16-13(14-2)17-9-12-3-8-19-10-12/h3-4,6,8,10H,5,7,9H2,1-2H3,(H2,14,16,17). The Bertz CT molecular complexity index is 515. The van der Waals surface area contributed by atoms with Gasteiger partial charge in [-0.3, -0.25) is 4.99 Å². The maximum Gasteiger partial charge on any atom is 0.191 e. The van der Waals surface area contributed by atoms with E-state index < -0.39 is 0 Å². The van der Waals surface area contributed by atoms with Gasteiger partial charge in [-0.1, -0.05) is 0 Å². The molecule has 2 aromatic rings. The number of aliphatic imine (C=N–C) groups is 1. The molecule has 0 unspecified atom stereocenters. The van der Waals surface area contributed by atoms with Crippen LogP contribution in [0.5, 0.6) is 0 Å². The molecule has 0 aromatic carbocycles. The van der Waals surface area contributed by atoms with Crippen LogP contribution in [0, 0.1) is 6.92 Å². The number of imidazole rings is 1. The lowest BCUT2D eigenvalue weighted by molar-refractivity contribution is 0.645. The first-order valence-corrected chi connectivity index (χ1v) is 7.17. The molecule has 0 saturated heterocycles. The molecule has 0 radical (unpaired) electrons. The number of guanidine groups is 1. The Kier molecular flexibility index (Phi) is 4.97. The topological polar surface area (TPSA) is 54.2 Å². The second-order valence-corrected chi connectivity index (χ2v) is 4.93. The number of nitrogens with zero attached hydrogens (tertiary/aromatic N) is 3. The first-order valence-electron chi connectivity index (χ1n) is 6.23. The Balaban J connectivity index is 1.72. The molecule has 0 aliphatic heterocycles. The van der Waals surface area contributed by atoms with Gasteiger partial charge in [0, 0.05) is 39.1 Å². The third kappa shape index (κ3) is 4.10. The van der Waals surface area contributed by atoms with E-state index in [1.54, 1.807) is 18.4 Å². The highest BCUT2D eigenvalue weighted by Crippen LogP contribution is 2.04. The van der Waals surface area contributed by atoms with Crippen LogP contribution in [0.15, 0.2) is 34.2 Å². The fraction of sp³-hybridized carbons (Fsp3) is 0.385. The summed E-state index contributed by atoms with van der Waals surface area (Å²) >= 11 is 1.71. The average molecular weight is 277 g/mol. The summed E-state index contributed by atoms with van der Waals surface area (Å²) in [4.78, 5) is 8.40. The van der Waals surface area contributed by atoms with E-state index in [9.17, 15) is 0 Å². The van der Waals surface area contributed by atoms with Gasteiger partial charge in [0.15, 0.2) is 5.96 Å². The third-order valence-electron chi connectivity index (χ3n) is 2.83. The molecule has 0 atom stereocenters. The minimum absolute atomic E-state index is 0.799. The van der Waals surface area contributed by atoms with Crippen molar-refractivity contribution < 1.29 is 0 Å². The van der Waals surface area contributed by atoms with Crippen molar-refractivity contribution in [2.45, 2.75) is 20.0 Å². The first-order chi connectivity index (χ1) is 9.29. The van der Waals surface area contributed by atoms with Crippen LogP contribution in [0.4, 0.5) is 0 Å². The predicted octanol–water partition coefficient (Wildman–Crippen LogP) is 1.62. The molecule has 5 nitrogen and oxygen atoms in total. The molecule has 0 spiro atoms. The Morgan fingerprint density at radius 1 is 1.47 bits per heavy atom. The summed E-state index contributed by atoms with van der Waals surface area (Å²) in [6.45, 7) is 4.50. The van der Waals surface area contributed by atoms with Crippen LogP contribution in [0.3, 0.4) is 0 Å². The van der Waals surface area contributed by atoms with E-state index in [0.717, 1.165) is 31.4 Å². The summed E-state index contributed by atoms with van der Waals surface area (Å²) < 4.78 is 2.11. The maximum absolute atomic E-state index is 4.20. The predicted molar refractivity (Wildman–Crippen MR) is 79.5 cm³/mol. The van der Waals surface area contributed by atoms with Crippen molar-refractivity contribution >= 4 is 17.3 Å². The summed E-state index contributed by atoms with van der Waals surface area (Å²) in [5, 5.41) is 10.8. The molecule has 0 aliphatic carbocycles. The normalized spacial score (nSPS) is 11.6. The number of rotatable bonds is 5. The van der Waals surface area contributed by atoms with Crippen LogP contribution in [-0.2, 0) is 13.1 Å². The fourth-order valence-corrected chi connectivity index (χ4v) is 2.40. The first kappa shape index (κ1) is 13.6. The summed E-state index contributed by atoms with van der Waals surface area (Å²) in [5.41, 5.74) is 1.28. The van der Waals surface area contributed by atoms with Gasteiger partial charge in [0.25, 0.3) is 0 Å². The number of nitrogens with one attached hydrogen (secondary N) is 2. The quantitative estimate of drug-likeness (QED) is 0.645. The molecule has 0 aliphatic rings. The number of hydrogen-bond donors (Lipinski definition) is 2. The second kappa shape index (κ2) is 6.94. The molecule has 0 fully saturated rings. The Labute approximate surface area is 117 Å². The highest BCUT2D eigenvalue weighted by Gasteiger charge is 2.00. The molecular formula is C13H19N5S. The smallest absolute Gasteiger partial charge is 0.191 e. The minimum Gasteiger partial charge on any atom is -0.355 e. The van der Waals surface area contributed by atoms with Crippen LogP contribution in [0.25, 0.3) is 0 Å². The van der Waals surface area contributed by atoms with E-state index in [4.69, 9.17) is 0 Å². The van der Waals surface area contributed by atoms with Gasteiger partial charge in [0.2, 0.25) is 0 Å². The van der Waals surface area contributed by atoms with Crippen molar-refractivity contribution in [3.8, 4) is 0 Å². The van der Waals surface area contributed by atoms with Crippen LogP contribution >= 0.6 is 11.3 Å². The van der Waals surface area contributed by atoms with Crippen molar-refractivity contribution in [2.75, 3.05) is 13.6 Å². The van der Waals surface area contributed by atoms with Crippen LogP contribution in [0.1, 0.15) is 11.4 Å². The van der Waals surface area contributed by atoms with Gasteiger partial charge in [-0.05, 0) is 29.3 Å². The summed E-state index contributed by atoms with van der Waals surface area (Å²) in [7, 11) is 1.78. The van der Waals surface area contributed by atoms with E-state index >= 15 is 0 Å². The lowest BCUT2D eigenvalue weighted by atomic mass is 10.3. The minimum atomic E-state index is 0.799. The summed E-state index contributed by atoms with van der Waals surface area (Å²) in [6, 6.07) is 2.11. The van der Waals surface area contributed by atoms with Crippen LogP contribution in [-0.4, -0.2) is 29.1 Å². The maximum atomic E-state index is 4.20. The molecule has 19 heavy (non-hydrogen) atoms. The zero-order valence-electron chi connectivity index (χ0n) is 11.3. The highest BCUT2D eigenvalue weighted by atomic mass is 32.1. The number of aryl methyl sites for hydroxylation is 1. The van der Waals surface area contributed by atoms with E-state index in [-0.39, 0.29) is 0 Å². The van der Waals surface area contributed by atoms with Gasteiger partial charge in [-0.2, -0.15) is 11.3 Å². The fourth-order valence-electron chi connectivity index (χ4n) is 1.73. The molecule has 0 amide bonds. The third-order valence-corrected chi connectivity index (χ3v) is 3.56. The monoisotopic (exact) mass is 277 g/mol. The largest absolute Gasteiger partial charge is 0.355 e. The summed E-state index contributed by atoms with van der Waals surface area (Å²) in [6.07, 6.45) is 3.80. The van der Waals surface area contributed by atoms with Gasteiger partial charge in [-0.15, -0.1) is 0 Å². The van der Waals surface area contributed by atoms with Crippen molar-refractivity contribution in [1.82, 2.24) is 20.2 Å². The van der Waals surface area contributed by atoms with Gasteiger partial charge in [-0.25, -0.2) is 4.98 Å². The van der Waals surface area contributed by atoms with Gasteiger partial charge < -0.3 is 15.2 Å². The van der Waals surface area contributed by atoms with Crippen molar-refractivity contribution in [1.29, 1.82) is 0 Å². The van der Waals surface area contributed by atoms with Crippen molar-refractivity contribution in [2.24, 2.45) is 4.99 Å². The van der Waals surface area contributed by atoms with Gasteiger partial charge >= 0.3 is 0 Å². The van der Waals surface area contributed by atoms with E-state index in [0.29, 0.717) is 0 Å². The van der Waals surface area contributed by atoms with Crippen molar-refractivity contribution in [3.05, 3.63) is 40.6 Å². The zero-order chi connectivity index (χ0) is 13.5. The number of hydrogen-bond acceptors (Lipinski definition) is 3. The highest BCUT2D eigenvalue weighted by molar-refractivity contribution is 7.07. The molecule has 6 heteroatoms. The zero-order valence-corrected chi connectivity index (χ0v) is 12.1. The molecular weight excluding hydrogens is 258 g/mol. The number of aromatic nitrogens is 2. The SMILES string of the molecule is CN=C(NCCn1ccnc1C)NCc1ccsc1. The lowest BCUT2D eigenvalue weighted by Crippen LogP contribution is -2.38. The Hall–Kier alpha value is -1.82. The molecule has 0 bridgehead atoms. The molecule has 2 aromatic heterocycles. The second-order valence-electron chi connectivity index (χ2n) is 4.15. The number of thiophene rings is 1. The van der Waals surface area contributed by atoms with E-state index in [1.807, 2.05) is 19.3 Å². The van der Waals surface area contributed by atoms with Crippen LogP contribution < -0.4 is 10.6 Å². The lowest BCUT2D eigenvalue weighted by Gasteiger charge is -2.12. The molecule has 0 saturated carbocycles. The Morgan fingerprint density at radius 3 is 3.00 bits per heavy atom. The van der Waals surface area contributed by atoms with E-state index in [2.05, 4.69) is 42.0 Å². The van der Waals surface area contributed by atoms with E-state index in [1.165, 1.54) is 5.56 Å². The Morgan fingerprint density at radius 2 is 2.37 bits per heavy atom. The van der Waals surface area contributed by atoms with Crippen LogP contribution in [0.2, 0.25) is 0 Å².